The fraction of sp³-hybridized carbons (Fsp3) is 0.909. The van der Waals surface area contributed by atoms with Crippen molar-refractivity contribution in [3.8, 4) is 0 Å². The van der Waals surface area contributed by atoms with Crippen molar-refractivity contribution >= 4 is 6.03 Å². The Kier molecular flexibility index (Phi) is 2.63. The van der Waals surface area contributed by atoms with Crippen LogP contribution < -0.4 is 5.32 Å². The summed E-state index contributed by atoms with van der Waals surface area (Å²) in [4.78, 5) is 16.3. The van der Waals surface area contributed by atoms with E-state index in [4.69, 9.17) is 0 Å². The van der Waals surface area contributed by atoms with Gasteiger partial charge in [-0.3, -0.25) is 0 Å². The van der Waals surface area contributed by atoms with Gasteiger partial charge >= 0.3 is 6.03 Å². The predicted molar refractivity (Wildman–Crippen MR) is 59.8 cm³/mol. The first-order valence-corrected chi connectivity index (χ1v) is 5.79. The minimum absolute atomic E-state index is 0.0487. The second kappa shape index (κ2) is 3.67. The summed E-state index contributed by atoms with van der Waals surface area (Å²) in [6.07, 6.45) is 1.09. The summed E-state index contributed by atoms with van der Waals surface area (Å²) < 4.78 is 0. The Morgan fingerprint density at radius 1 is 1.33 bits per heavy atom. The highest BCUT2D eigenvalue weighted by molar-refractivity contribution is 5.76. The Hall–Kier alpha value is -0.770. The summed E-state index contributed by atoms with van der Waals surface area (Å²) in [6, 6.07) is 0.644. The third kappa shape index (κ3) is 1.95. The standard InChI is InChI=1S/C11H21N3O/c1-11(2,3)14-6-4-9-8-12-5-7-13(9)10(14)15/h9,12H,4-8H2,1-3H3. The Bertz CT molecular complexity index is 259. The minimum Gasteiger partial charge on any atom is -0.320 e. The highest BCUT2D eigenvalue weighted by Gasteiger charge is 2.38. The molecule has 0 aliphatic carbocycles. The molecule has 0 spiro atoms. The molecule has 2 heterocycles. The molecule has 0 radical (unpaired) electrons. The molecule has 2 aliphatic rings. The first-order chi connectivity index (χ1) is 7.00. The fourth-order valence-electron chi connectivity index (χ4n) is 2.42. The summed E-state index contributed by atoms with van der Waals surface area (Å²) >= 11 is 0. The van der Waals surface area contributed by atoms with Gasteiger partial charge in [0.05, 0.1) is 0 Å². The number of nitrogens with one attached hydrogen (secondary N) is 1. The summed E-state index contributed by atoms with van der Waals surface area (Å²) in [6.45, 7) is 9.96. The van der Waals surface area contributed by atoms with Gasteiger partial charge in [-0.1, -0.05) is 0 Å². The highest BCUT2D eigenvalue weighted by atomic mass is 16.2. The van der Waals surface area contributed by atoms with Crippen LogP contribution in [-0.4, -0.2) is 53.6 Å². The molecule has 86 valence electrons. The van der Waals surface area contributed by atoms with Crippen LogP contribution in [0, 0.1) is 0 Å². The van der Waals surface area contributed by atoms with Crippen molar-refractivity contribution in [1.82, 2.24) is 15.1 Å². The van der Waals surface area contributed by atoms with Crippen molar-refractivity contribution in [2.75, 3.05) is 26.2 Å². The third-order valence-corrected chi connectivity index (χ3v) is 3.32. The van der Waals surface area contributed by atoms with E-state index in [0.29, 0.717) is 6.04 Å². The van der Waals surface area contributed by atoms with E-state index < -0.39 is 0 Å². The van der Waals surface area contributed by atoms with E-state index in [9.17, 15) is 4.79 Å². The number of amides is 2. The lowest BCUT2D eigenvalue weighted by atomic mass is 10.0. The second-order valence-corrected chi connectivity index (χ2v) is 5.45. The van der Waals surface area contributed by atoms with Crippen LogP contribution in [0.5, 0.6) is 0 Å². The zero-order chi connectivity index (χ0) is 11.1. The van der Waals surface area contributed by atoms with Gasteiger partial charge in [0.1, 0.15) is 0 Å². The molecule has 1 unspecified atom stereocenters. The van der Waals surface area contributed by atoms with E-state index in [1.54, 1.807) is 0 Å². The molecular formula is C11H21N3O. The summed E-state index contributed by atoms with van der Waals surface area (Å²) in [7, 11) is 0. The molecule has 0 aromatic carbocycles. The topological polar surface area (TPSA) is 35.6 Å². The van der Waals surface area contributed by atoms with Crippen LogP contribution in [0.1, 0.15) is 27.2 Å². The number of carbonyl (C=O) groups is 1. The smallest absolute Gasteiger partial charge is 0.320 e. The number of nitrogens with zero attached hydrogens (tertiary/aromatic N) is 2. The number of urea groups is 1. The van der Waals surface area contributed by atoms with Crippen molar-refractivity contribution in [3.63, 3.8) is 0 Å². The van der Waals surface area contributed by atoms with E-state index in [2.05, 4.69) is 26.1 Å². The molecule has 0 aromatic rings. The quantitative estimate of drug-likeness (QED) is 0.646. The van der Waals surface area contributed by atoms with Crippen LogP contribution in [0.2, 0.25) is 0 Å². The van der Waals surface area contributed by atoms with Crippen LogP contribution in [0.15, 0.2) is 0 Å². The molecule has 2 saturated heterocycles. The molecule has 2 fully saturated rings. The number of carbonyl (C=O) groups excluding carboxylic acids is 1. The SMILES string of the molecule is CC(C)(C)N1CCC2CNCCN2C1=O. The number of rotatable bonds is 0. The van der Waals surface area contributed by atoms with Gasteiger partial charge < -0.3 is 15.1 Å². The van der Waals surface area contributed by atoms with E-state index in [-0.39, 0.29) is 11.6 Å². The van der Waals surface area contributed by atoms with Crippen LogP contribution in [0.25, 0.3) is 0 Å². The highest BCUT2D eigenvalue weighted by Crippen LogP contribution is 2.24. The van der Waals surface area contributed by atoms with Crippen LogP contribution >= 0.6 is 0 Å². The molecule has 0 saturated carbocycles. The van der Waals surface area contributed by atoms with E-state index in [0.717, 1.165) is 32.6 Å². The molecule has 0 bridgehead atoms. The molecule has 15 heavy (non-hydrogen) atoms. The average molecular weight is 211 g/mol. The van der Waals surface area contributed by atoms with Crippen LogP contribution in [-0.2, 0) is 0 Å². The largest absolute Gasteiger partial charge is 0.320 e. The van der Waals surface area contributed by atoms with Gasteiger partial charge in [-0.05, 0) is 27.2 Å². The molecule has 1 N–H and O–H groups in total. The summed E-state index contributed by atoms with van der Waals surface area (Å²) in [5.74, 6) is 0. The zero-order valence-corrected chi connectivity index (χ0v) is 9.92. The lowest BCUT2D eigenvalue weighted by Gasteiger charge is -2.48. The maximum absolute atomic E-state index is 12.2. The zero-order valence-electron chi connectivity index (χ0n) is 9.92. The Morgan fingerprint density at radius 3 is 2.73 bits per heavy atom. The predicted octanol–water partition coefficient (Wildman–Crippen LogP) is 0.884. The maximum atomic E-state index is 12.2. The fourth-order valence-corrected chi connectivity index (χ4v) is 2.42. The Morgan fingerprint density at radius 2 is 2.07 bits per heavy atom. The molecule has 4 nitrogen and oxygen atoms in total. The van der Waals surface area contributed by atoms with Crippen molar-refractivity contribution in [2.24, 2.45) is 0 Å². The molecule has 2 amide bonds. The van der Waals surface area contributed by atoms with Crippen molar-refractivity contribution in [1.29, 1.82) is 0 Å². The van der Waals surface area contributed by atoms with Crippen LogP contribution in [0.4, 0.5) is 4.79 Å². The van der Waals surface area contributed by atoms with Crippen molar-refractivity contribution in [2.45, 2.75) is 38.8 Å². The first kappa shape index (κ1) is 10.7. The monoisotopic (exact) mass is 211 g/mol. The van der Waals surface area contributed by atoms with E-state index in [1.807, 2.05) is 9.80 Å². The molecule has 0 aromatic heterocycles. The van der Waals surface area contributed by atoms with Gasteiger partial charge in [0.25, 0.3) is 0 Å². The van der Waals surface area contributed by atoms with Gasteiger partial charge in [-0.2, -0.15) is 0 Å². The Labute approximate surface area is 91.6 Å². The molecule has 2 aliphatic heterocycles. The number of piperazine rings is 1. The Balaban J connectivity index is 2.11. The van der Waals surface area contributed by atoms with Gasteiger partial charge in [0.2, 0.25) is 0 Å². The number of fused-ring (bicyclic) bond motifs is 1. The lowest BCUT2D eigenvalue weighted by Crippen LogP contribution is -2.64. The number of hydrogen-bond acceptors (Lipinski definition) is 2. The van der Waals surface area contributed by atoms with Gasteiger partial charge in [-0.15, -0.1) is 0 Å². The van der Waals surface area contributed by atoms with Crippen molar-refractivity contribution < 1.29 is 4.79 Å². The molecule has 1 atom stereocenters. The molecular weight excluding hydrogens is 190 g/mol. The lowest BCUT2D eigenvalue weighted by molar-refractivity contribution is 0.0505. The molecule has 4 heteroatoms. The first-order valence-electron chi connectivity index (χ1n) is 5.79. The van der Waals surface area contributed by atoms with E-state index >= 15 is 0 Å². The van der Waals surface area contributed by atoms with E-state index in [1.165, 1.54) is 0 Å². The molecule has 2 rings (SSSR count). The second-order valence-electron chi connectivity index (χ2n) is 5.45. The average Bonchev–Trinajstić information content (AvgIpc) is 2.16. The summed E-state index contributed by atoms with van der Waals surface area (Å²) in [5, 5.41) is 3.35. The van der Waals surface area contributed by atoms with Gasteiger partial charge in [0, 0.05) is 37.8 Å². The van der Waals surface area contributed by atoms with Gasteiger partial charge in [-0.25, -0.2) is 4.79 Å². The summed E-state index contributed by atoms with van der Waals surface area (Å²) in [5.41, 5.74) is -0.0487. The van der Waals surface area contributed by atoms with Crippen molar-refractivity contribution in [3.05, 3.63) is 0 Å². The maximum Gasteiger partial charge on any atom is 0.320 e. The third-order valence-electron chi connectivity index (χ3n) is 3.32. The number of hydrogen-bond donors (Lipinski definition) is 1. The minimum atomic E-state index is -0.0487. The van der Waals surface area contributed by atoms with Gasteiger partial charge in [0.15, 0.2) is 0 Å². The normalized spacial score (nSPS) is 27.9. The van der Waals surface area contributed by atoms with Crippen LogP contribution in [0.3, 0.4) is 0 Å².